The zero-order chi connectivity index (χ0) is 24.2. The number of nitrogens with zero attached hydrogens (tertiary/aromatic N) is 1. The zero-order valence-electron chi connectivity index (χ0n) is 18.7. The Kier molecular flexibility index (Phi) is 8.92. The van der Waals surface area contributed by atoms with Crippen LogP contribution in [0.2, 0.25) is 0 Å². The number of hydrazone groups is 1. The van der Waals surface area contributed by atoms with E-state index in [0.29, 0.717) is 34.9 Å². The lowest BCUT2D eigenvalue weighted by atomic mass is 10.2. The first-order valence-corrected chi connectivity index (χ1v) is 10.8. The highest BCUT2D eigenvalue weighted by Crippen LogP contribution is 2.16. The normalized spacial score (nSPS) is 10.5. The Bertz CT molecular complexity index is 1130. The molecule has 3 aromatic rings. The van der Waals surface area contributed by atoms with Crippen LogP contribution in [0.15, 0.2) is 84.0 Å². The number of unbranched alkanes of at least 4 members (excludes halogenated alkanes) is 1. The van der Waals surface area contributed by atoms with E-state index < -0.39 is 17.8 Å². The number of carbonyl (C=O) groups is 3. The number of ether oxygens (including phenoxy) is 2. The van der Waals surface area contributed by atoms with Crippen molar-refractivity contribution in [2.24, 2.45) is 5.10 Å². The summed E-state index contributed by atoms with van der Waals surface area (Å²) in [5, 5.41) is 6.24. The van der Waals surface area contributed by atoms with E-state index in [-0.39, 0.29) is 0 Å². The smallest absolute Gasteiger partial charge is 0.343 e. The first-order valence-electron chi connectivity index (χ1n) is 10.8. The molecule has 3 rings (SSSR count). The number of esters is 1. The quantitative estimate of drug-likeness (QED) is 0.125. The lowest BCUT2D eigenvalue weighted by Crippen LogP contribution is -2.32. The molecule has 8 heteroatoms. The summed E-state index contributed by atoms with van der Waals surface area (Å²) in [6, 6.07) is 21.9. The van der Waals surface area contributed by atoms with Gasteiger partial charge in [0.05, 0.1) is 18.4 Å². The SMILES string of the molecule is CCCCOc1ccc(C(=O)Oc2ccc(/C=N/NC(=O)C(=O)Nc3ccccc3)cc2)cc1. The van der Waals surface area contributed by atoms with Crippen LogP contribution in [0.3, 0.4) is 0 Å². The largest absolute Gasteiger partial charge is 0.494 e. The molecule has 0 saturated carbocycles. The van der Waals surface area contributed by atoms with Gasteiger partial charge in [0, 0.05) is 5.69 Å². The summed E-state index contributed by atoms with van der Waals surface area (Å²) in [7, 11) is 0. The summed E-state index contributed by atoms with van der Waals surface area (Å²) in [6.07, 6.45) is 3.40. The van der Waals surface area contributed by atoms with Gasteiger partial charge in [0.25, 0.3) is 0 Å². The Morgan fingerprint density at radius 1 is 0.853 bits per heavy atom. The number of hydrogen-bond donors (Lipinski definition) is 2. The summed E-state index contributed by atoms with van der Waals surface area (Å²) in [4.78, 5) is 36.0. The minimum Gasteiger partial charge on any atom is -0.494 e. The van der Waals surface area contributed by atoms with Gasteiger partial charge in [-0.2, -0.15) is 5.10 Å². The third kappa shape index (κ3) is 7.59. The van der Waals surface area contributed by atoms with Gasteiger partial charge in [-0.05, 0) is 72.6 Å². The molecule has 2 amide bonds. The maximum absolute atomic E-state index is 12.3. The molecular formula is C26H25N3O5. The molecule has 0 radical (unpaired) electrons. The van der Waals surface area contributed by atoms with Crippen LogP contribution in [0.5, 0.6) is 11.5 Å². The molecule has 0 spiro atoms. The Balaban J connectivity index is 1.46. The van der Waals surface area contributed by atoms with E-state index in [1.807, 2.05) is 0 Å². The van der Waals surface area contributed by atoms with Gasteiger partial charge in [-0.25, -0.2) is 10.2 Å². The molecule has 0 atom stereocenters. The van der Waals surface area contributed by atoms with E-state index in [1.54, 1.807) is 78.9 Å². The zero-order valence-corrected chi connectivity index (χ0v) is 18.7. The van der Waals surface area contributed by atoms with E-state index in [0.717, 1.165) is 12.8 Å². The van der Waals surface area contributed by atoms with E-state index in [9.17, 15) is 14.4 Å². The number of rotatable bonds is 9. The molecule has 0 unspecified atom stereocenters. The first-order chi connectivity index (χ1) is 16.5. The van der Waals surface area contributed by atoms with E-state index in [2.05, 4.69) is 22.8 Å². The summed E-state index contributed by atoms with van der Waals surface area (Å²) < 4.78 is 11.0. The maximum Gasteiger partial charge on any atom is 0.343 e. The average Bonchev–Trinajstić information content (AvgIpc) is 2.86. The van der Waals surface area contributed by atoms with Crippen molar-refractivity contribution in [1.82, 2.24) is 5.43 Å². The molecule has 0 fully saturated rings. The average molecular weight is 460 g/mol. The minimum atomic E-state index is -0.896. The molecule has 0 aliphatic carbocycles. The number of para-hydroxylation sites is 1. The molecule has 0 bridgehead atoms. The third-order valence-electron chi connectivity index (χ3n) is 4.56. The molecule has 0 aliphatic heterocycles. The maximum atomic E-state index is 12.3. The van der Waals surface area contributed by atoms with Crippen molar-refractivity contribution in [3.63, 3.8) is 0 Å². The van der Waals surface area contributed by atoms with Crippen LogP contribution in [0.4, 0.5) is 5.69 Å². The second-order valence-electron chi connectivity index (χ2n) is 7.20. The number of anilines is 1. The van der Waals surface area contributed by atoms with Crippen molar-refractivity contribution in [3.8, 4) is 11.5 Å². The summed E-state index contributed by atoms with van der Waals surface area (Å²) >= 11 is 0. The number of amides is 2. The van der Waals surface area contributed by atoms with E-state index in [4.69, 9.17) is 9.47 Å². The fraction of sp³-hybridized carbons (Fsp3) is 0.154. The minimum absolute atomic E-state index is 0.358. The lowest BCUT2D eigenvalue weighted by molar-refractivity contribution is -0.136. The van der Waals surface area contributed by atoms with Crippen LogP contribution in [-0.4, -0.2) is 30.6 Å². The van der Waals surface area contributed by atoms with Crippen molar-refractivity contribution in [3.05, 3.63) is 90.0 Å². The Morgan fingerprint density at radius 2 is 1.53 bits per heavy atom. The van der Waals surface area contributed by atoms with Crippen LogP contribution in [0, 0.1) is 0 Å². The number of hydrogen-bond acceptors (Lipinski definition) is 6. The number of nitrogens with one attached hydrogen (secondary N) is 2. The van der Waals surface area contributed by atoms with Crippen LogP contribution >= 0.6 is 0 Å². The fourth-order valence-electron chi connectivity index (χ4n) is 2.74. The summed E-state index contributed by atoms with van der Waals surface area (Å²) in [6.45, 7) is 2.73. The van der Waals surface area contributed by atoms with Gasteiger partial charge in [-0.3, -0.25) is 9.59 Å². The van der Waals surface area contributed by atoms with Crippen LogP contribution in [-0.2, 0) is 9.59 Å². The number of carbonyl (C=O) groups excluding carboxylic acids is 3. The highest BCUT2D eigenvalue weighted by molar-refractivity contribution is 6.39. The van der Waals surface area contributed by atoms with Gasteiger partial charge < -0.3 is 14.8 Å². The lowest BCUT2D eigenvalue weighted by Gasteiger charge is -2.07. The van der Waals surface area contributed by atoms with Crippen LogP contribution in [0.25, 0.3) is 0 Å². The van der Waals surface area contributed by atoms with E-state index in [1.165, 1.54) is 6.21 Å². The van der Waals surface area contributed by atoms with Gasteiger partial charge in [-0.15, -0.1) is 0 Å². The van der Waals surface area contributed by atoms with Gasteiger partial charge in [0.15, 0.2) is 0 Å². The molecule has 8 nitrogen and oxygen atoms in total. The number of benzene rings is 3. The second-order valence-corrected chi connectivity index (χ2v) is 7.20. The van der Waals surface area contributed by atoms with Gasteiger partial charge >= 0.3 is 17.8 Å². The van der Waals surface area contributed by atoms with Crippen molar-refractivity contribution in [1.29, 1.82) is 0 Å². The molecule has 2 N–H and O–H groups in total. The second kappa shape index (κ2) is 12.5. The van der Waals surface area contributed by atoms with Crippen LogP contribution in [0.1, 0.15) is 35.7 Å². The van der Waals surface area contributed by atoms with Crippen molar-refractivity contribution in [2.45, 2.75) is 19.8 Å². The Labute approximate surface area is 197 Å². The molecular weight excluding hydrogens is 434 g/mol. The molecule has 0 saturated heterocycles. The Morgan fingerprint density at radius 3 is 2.21 bits per heavy atom. The molecule has 174 valence electrons. The van der Waals surface area contributed by atoms with Crippen molar-refractivity contribution < 1.29 is 23.9 Å². The van der Waals surface area contributed by atoms with E-state index >= 15 is 0 Å². The predicted octanol–water partition coefficient (Wildman–Crippen LogP) is 4.17. The van der Waals surface area contributed by atoms with Crippen LogP contribution < -0.4 is 20.2 Å². The molecule has 34 heavy (non-hydrogen) atoms. The Hall–Kier alpha value is -4.46. The topological polar surface area (TPSA) is 106 Å². The summed E-state index contributed by atoms with van der Waals surface area (Å²) in [5.74, 6) is -1.15. The first kappa shape index (κ1) is 24.2. The monoisotopic (exact) mass is 459 g/mol. The summed E-state index contributed by atoms with van der Waals surface area (Å²) in [5.41, 5.74) is 3.71. The third-order valence-corrected chi connectivity index (χ3v) is 4.56. The van der Waals surface area contributed by atoms with Gasteiger partial charge in [0.2, 0.25) is 0 Å². The molecule has 3 aromatic carbocycles. The van der Waals surface area contributed by atoms with Gasteiger partial charge in [0.1, 0.15) is 11.5 Å². The highest BCUT2D eigenvalue weighted by atomic mass is 16.5. The van der Waals surface area contributed by atoms with Crippen molar-refractivity contribution >= 4 is 29.7 Å². The standard InChI is InChI=1S/C26H25N3O5/c1-2-3-17-33-22-15-11-20(12-16-22)26(32)34-23-13-9-19(10-14-23)18-27-29-25(31)24(30)28-21-7-5-4-6-8-21/h4-16,18H,2-3,17H2,1H3,(H,28,30)(H,29,31)/b27-18+. The van der Waals surface area contributed by atoms with Crippen molar-refractivity contribution in [2.75, 3.05) is 11.9 Å². The molecule has 0 aliphatic rings. The van der Waals surface area contributed by atoms with Gasteiger partial charge in [-0.1, -0.05) is 31.5 Å². The molecule has 0 heterocycles. The molecule has 0 aromatic heterocycles. The highest BCUT2D eigenvalue weighted by Gasteiger charge is 2.12. The predicted molar refractivity (Wildman–Crippen MR) is 129 cm³/mol. The fourth-order valence-corrected chi connectivity index (χ4v) is 2.74.